The second-order valence-corrected chi connectivity index (χ2v) is 7.25. The highest BCUT2D eigenvalue weighted by molar-refractivity contribution is 5.95. The molecule has 2 aromatic rings. The first-order valence-electron chi connectivity index (χ1n) is 9.82. The number of nitrogens with one attached hydrogen (secondary N) is 1. The van der Waals surface area contributed by atoms with Gasteiger partial charge >= 0.3 is 5.97 Å². The lowest BCUT2D eigenvalue weighted by Crippen LogP contribution is -2.23. The fraction of sp³-hybridized carbons (Fsp3) is 0.348. The lowest BCUT2D eigenvalue weighted by atomic mass is 10.2. The number of esters is 1. The number of ether oxygens (including phenoxy) is 1. The number of anilines is 1. The number of aromatic nitrogens is 1. The van der Waals surface area contributed by atoms with Crippen molar-refractivity contribution in [3.05, 3.63) is 58.8 Å². The standard InChI is InChI=1S/C23H25N3O3/c1-16-17(2)26(19-10-6-7-11-19)23(20(16)14-24)25-21(27)15-29-22(28)13-12-18-8-4-3-5-9-18/h3-5,8-9,12-13,19H,6-7,10-11,15H2,1-2H3,(H,25,27)/b13-12+. The van der Waals surface area contributed by atoms with Gasteiger partial charge in [-0.3, -0.25) is 4.79 Å². The minimum absolute atomic E-state index is 0.280. The van der Waals surface area contributed by atoms with Crippen molar-refractivity contribution in [3.8, 4) is 6.07 Å². The number of rotatable bonds is 6. The van der Waals surface area contributed by atoms with Crippen molar-refractivity contribution in [2.75, 3.05) is 11.9 Å². The molecule has 1 amide bonds. The second kappa shape index (κ2) is 9.24. The molecule has 1 aliphatic rings. The molecular formula is C23H25N3O3. The van der Waals surface area contributed by atoms with Gasteiger partial charge in [-0.25, -0.2) is 4.79 Å². The number of amides is 1. The SMILES string of the molecule is Cc1c(C#N)c(NC(=O)COC(=O)/C=C/c2ccccc2)n(C2CCCC2)c1C. The Balaban J connectivity index is 1.66. The highest BCUT2D eigenvalue weighted by Crippen LogP contribution is 2.37. The van der Waals surface area contributed by atoms with Crippen molar-refractivity contribution in [1.82, 2.24) is 4.57 Å². The molecule has 1 aromatic carbocycles. The van der Waals surface area contributed by atoms with Gasteiger partial charge < -0.3 is 14.6 Å². The number of carbonyl (C=O) groups excluding carboxylic acids is 2. The molecule has 0 radical (unpaired) electrons. The molecule has 1 aliphatic carbocycles. The Labute approximate surface area is 170 Å². The van der Waals surface area contributed by atoms with Crippen LogP contribution >= 0.6 is 0 Å². The summed E-state index contributed by atoms with van der Waals surface area (Å²) in [5.74, 6) is -0.543. The van der Waals surface area contributed by atoms with Crippen LogP contribution in [-0.2, 0) is 14.3 Å². The Morgan fingerprint density at radius 3 is 2.59 bits per heavy atom. The smallest absolute Gasteiger partial charge is 0.331 e. The monoisotopic (exact) mass is 391 g/mol. The van der Waals surface area contributed by atoms with Gasteiger partial charge in [-0.15, -0.1) is 0 Å². The molecule has 1 fully saturated rings. The fourth-order valence-electron chi connectivity index (χ4n) is 3.79. The number of benzene rings is 1. The van der Waals surface area contributed by atoms with E-state index in [1.807, 2.05) is 44.2 Å². The van der Waals surface area contributed by atoms with E-state index >= 15 is 0 Å². The third kappa shape index (κ3) is 4.75. The van der Waals surface area contributed by atoms with Crippen molar-refractivity contribution >= 4 is 23.8 Å². The normalized spacial score (nSPS) is 14.1. The topological polar surface area (TPSA) is 84.1 Å². The number of hydrogen-bond donors (Lipinski definition) is 1. The van der Waals surface area contributed by atoms with Crippen LogP contribution in [0.15, 0.2) is 36.4 Å². The summed E-state index contributed by atoms with van der Waals surface area (Å²) in [5.41, 5.74) is 3.20. The van der Waals surface area contributed by atoms with Crippen molar-refractivity contribution in [2.24, 2.45) is 0 Å². The van der Waals surface area contributed by atoms with E-state index in [1.54, 1.807) is 6.08 Å². The van der Waals surface area contributed by atoms with Crippen LogP contribution in [0.1, 0.15) is 54.1 Å². The Morgan fingerprint density at radius 1 is 1.24 bits per heavy atom. The van der Waals surface area contributed by atoms with E-state index in [2.05, 4.69) is 16.0 Å². The minimum atomic E-state index is -0.594. The molecule has 0 atom stereocenters. The van der Waals surface area contributed by atoms with Crippen molar-refractivity contribution in [1.29, 1.82) is 5.26 Å². The van der Waals surface area contributed by atoms with Crippen LogP contribution in [0.5, 0.6) is 0 Å². The van der Waals surface area contributed by atoms with Gasteiger partial charge in [-0.05, 0) is 43.9 Å². The van der Waals surface area contributed by atoms with Crippen LogP contribution in [0.4, 0.5) is 5.82 Å². The average molecular weight is 391 g/mol. The summed E-state index contributed by atoms with van der Waals surface area (Å²) in [6.45, 7) is 3.46. The van der Waals surface area contributed by atoms with Gasteiger partial charge in [0.1, 0.15) is 11.9 Å². The molecule has 150 valence electrons. The van der Waals surface area contributed by atoms with E-state index in [4.69, 9.17) is 4.74 Å². The summed E-state index contributed by atoms with van der Waals surface area (Å²) in [5, 5.41) is 12.4. The number of carbonyl (C=O) groups is 2. The number of hydrogen-bond acceptors (Lipinski definition) is 4. The largest absolute Gasteiger partial charge is 0.452 e. The summed E-state index contributed by atoms with van der Waals surface area (Å²) in [6.07, 6.45) is 7.26. The second-order valence-electron chi connectivity index (χ2n) is 7.25. The van der Waals surface area contributed by atoms with Gasteiger partial charge in [-0.2, -0.15) is 5.26 Å². The van der Waals surface area contributed by atoms with Gasteiger partial charge in [-0.1, -0.05) is 43.2 Å². The van der Waals surface area contributed by atoms with Crippen LogP contribution < -0.4 is 5.32 Å². The molecule has 6 nitrogen and oxygen atoms in total. The zero-order valence-corrected chi connectivity index (χ0v) is 16.8. The van der Waals surface area contributed by atoms with Gasteiger partial charge in [0.2, 0.25) is 0 Å². The molecule has 6 heteroatoms. The van der Waals surface area contributed by atoms with Crippen molar-refractivity contribution in [2.45, 2.75) is 45.6 Å². The third-order valence-electron chi connectivity index (χ3n) is 5.37. The van der Waals surface area contributed by atoms with Gasteiger partial charge in [0.05, 0.1) is 5.56 Å². The fourth-order valence-corrected chi connectivity index (χ4v) is 3.79. The summed E-state index contributed by atoms with van der Waals surface area (Å²) in [4.78, 5) is 24.3. The van der Waals surface area contributed by atoms with Gasteiger partial charge in [0.15, 0.2) is 6.61 Å². The summed E-state index contributed by atoms with van der Waals surface area (Å²) in [7, 11) is 0. The van der Waals surface area contributed by atoms with Gasteiger partial charge in [0, 0.05) is 17.8 Å². The minimum Gasteiger partial charge on any atom is -0.452 e. The lowest BCUT2D eigenvalue weighted by molar-refractivity contribution is -0.142. The van der Waals surface area contributed by atoms with E-state index in [0.717, 1.165) is 42.5 Å². The van der Waals surface area contributed by atoms with Crippen molar-refractivity contribution in [3.63, 3.8) is 0 Å². The third-order valence-corrected chi connectivity index (χ3v) is 5.37. The Morgan fingerprint density at radius 2 is 1.93 bits per heavy atom. The molecule has 1 N–H and O–H groups in total. The lowest BCUT2D eigenvalue weighted by Gasteiger charge is -2.19. The summed E-state index contributed by atoms with van der Waals surface area (Å²) >= 11 is 0. The van der Waals surface area contributed by atoms with E-state index < -0.39 is 18.5 Å². The molecule has 0 unspecified atom stereocenters. The van der Waals surface area contributed by atoms with Crippen LogP contribution in [0, 0.1) is 25.2 Å². The first kappa shape index (κ1) is 20.4. The summed E-state index contributed by atoms with van der Waals surface area (Å²) in [6, 6.07) is 11.8. The molecule has 3 rings (SSSR count). The quantitative estimate of drug-likeness (QED) is 0.588. The zero-order chi connectivity index (χ0) is 20.8. The first-order valence-corrected chi connectivity index (χ1v) is 9.82. The van der Waals surface area contributed by atoms with E-state index in [9.17, 15) is 14.9 Å². The average Bonchev–Trinajstić information content (AvgIpc) is 3.33. The Bertz CT molecular complexity index is 961. The van der Waals surface area contributed by atoms with Crippen LogP contribution in [0.25, 0.3) is 6.08 Å². The van der Waals surface area contributed by atoms with Crippen LogP contribution in [0.3, 0.4) is 0 Å². The highest BCUT2D eigenvalue weighted by atomic mass is 16.5. The van der Waals surface area contributed by atoms with E-state index in [0.29, 0.717) is 11.4 Å². The van der Waals surface area contributed by atoms with Crippen LogP contribution in [-0.4, -0.2) is 23.1 Å². The molecule has 0 saturated heterocycles. The maximum Gasteiger partial charge on any atom is 0.331 e. The molecule has 0 spiro atoms. The Hall–Kier alpha value is -3.33. The molecule has 1 saturated carbocycles. The molecule has 0 bridgehead atoms. The molecule has 1 heterocycles. The molecule has 29 heavy (non-hydrogen) atoms. The maximum atomic E-state index is 12.4. The van der Waals surface area contributed by atoms with Crippen LogP contribution in [0.2, 0.25) is 0 Å². The zero-order valence-electron chi connectivity index (χ0n) is 16.8. The molecule has 0 aliphatic heterocycles. The van der Waals surface area contributed by atoms with E-state index in [1.165, 1.54) is 6.08 Å². The number of nitrogens with zero attached hydrogens (tertiary/aromatic N) is 2. The molecule has 1 aromatic heterocycles. The number of nitriles is 1. The predicted octanol–water partition coefficient (Wildman–Crippen LogP) is 4.29. The summed E-state index contributed by atoms with van der Waals surface area (Å²) < 4.78 is 7.11. The van der Waals surface area contributed by atoms with E-state index in [-0.39, 0.29) is 6.04 Å². The first-order chi connectivity index (χ1) is 14.0. The maximum absolute atomic E-state index is 12.4. The Kier molecular flexibility index (Phi) is 6.50. The van der Waals surface area contributed by atoms with Crippen molar-refractivity contribution < 1.29 is 14.3 Å². The predicted molar refractivity (Wildman–Crippen MR) is 111 cm³/mol. The highest BCUT2D eigenvalue weighted by Gasteiger charge is 2.26. The molecular weight excluding hydrogens is 366 g/mol. The van der Waals surface area contributed by atoms with Gasteiger partial charge in [0.25, 0.3) is 5.91 Å².